The summed E-state index contributed by atoms with van der Waals surface area (Å²) in [6.45, 7) is 2.05. The molecule has 3 heterocycles. The van der Waals surface area contributed by atoms with Gasteiger partial charge in [0, 0.05) is 37.4 Å². The number of rotatable bonds is 4. The van der Waals surface area contributed by atoms with Gasteiger partial charge in [-0.2, -0.15) is 9.29 Å². The first-order valence-corrected chi connectivity index (χ1v) is 10.7. The topological polar surface area (TPSA) is 75.6 Å². The Morgan fingerprint density at radius 1 is 1.04 bits per heavy atom. The van der Waals surface area contributed by atoms with E-state index in [9.17, 15) is 8.42 Å². The molecule has 4 rings (SSSR count). The molecule has 0 amide bonds. The highest BCUT2D eigenvalue weighted by molar-refractivity contribution is 7.89. The molecule has 2 aromatic rings. The van der Waals surface area contributed by atoms with Crippen LogP contribution in [0.3, 0.4) is 0 Å². The van der Waals surface area contributed by atoms with E-state index in [0.29, 0.717) is 23.3 Å². The van der Waals surface area contributed by atoms with Gasteiger partial charge in [0.15, 0.2) is 0 Å². The molecule has 1 spiro atoms. The highest BCUT2D eigenvalue weighted by atomic mass is 32.2. The van der Waals surface area contributed by atoms with E-state index in [1.54, 1.807) is 47.9 Å². The van der Waals surface area contributed by atoms with Crippen LogP contribution in [0.15, 0.2) is 47.5 Å². The first-order chi connectivity index (χ1) is 13.0. The van der Waals surface area contributed by atoms with Crippen LogP contribution in [-0.2, 0) is 10.0 Å². The van der Waals surface area contributed by atoms with E-state index >= 15 is 0 Å². The molecule has 0 atom stereocenters. The average Bonchev–Trinajstić information content (AvgIpc) is 3.13. The van der Waals surface area contributed by atoms with Gasteiger partial charge < -0.3 is 9.64 Å². The zero-order valence-electron chi connectivity index (χ0n) is 15.4. The Kier molecular flexibility index (Phi) is 4.77. The van der Waals surface area contributed by atoms with E-state index in [0.717, 1.165) is 38.8 Å². The van der Waals surface area contributed by atoms with Crippen molar-refractivity contribution >= 4 is 16.0 Å². The van der Waals surface area contributed by atoms with Crippen LogP contribution in [-0.4, -0.2) is 55.0 Å². The van der Waals surface area contributed by atoms with Gasteiger partial charge in [0.05, 0.1) is 12.0 Å². The fraction of sp³-hybridized carbons (Fsp3) is 0.474. The van der Waals surface area contributed by atoms with E-state index in [2.05, 4.69) is 14.9 Å². The van der Waals surface area contributed by atoms with Gasteiger partial charge in [-0.3, -0.25) is 0 Å². The summed E-state index contributed by atoms with van der Waals surface area (Å²) in [7, 11) is -1.89. The molecule has 0 bridgehead atoms. The van der Waals surface area contributed by atoms with Gasteiger partial charge >= 0.3 is 0 Å². The summed E-state index contributed by atoms with van der Waals surface area (Å²) >= 11 is 0. The van der Waals surface area contributed by atoms with E-state index in [1.165, 1.54) is 0 Å². The number of aromatic nitrogens is 2. The number of anilines is 1. The normalized spacial score (nSPS) is 20.1. The second-order valence-electron chi connectivity index (χ2n) is 7.10. The monoisotopic (exact) mass is 388 g/mol. The third kappa shape index (κ3) is 3.27. The fourth-order valence-corrected chi connectivity index (χ4v) is 6.14. The molecule has 2 aliphatic heterocycles. The summed E-state index contributed by atoms with van der Waals surface area (Å²) in [5.41, 5.74) is -0.302. The fourth-order valence-electron chi connectivity index (χ4n) is 4.23. The zero-order chi connectivity index (χ0) is 18.9. The number of ether oxygens (including phenoxy) is 1. The molecule has 2 aliphatic rings. The van der Waals surface area contributed by atoms with Gasteiger partial charge in [-0.05, 0) is 37.8 Å². The molecule has 0 unspecified atom stereocenters. The summed E-state index contributed by atoms with van der Waals surface area (Å²) in [6, 6.07) is 10.5. The first-order valence-electron chi connectivity index (χ1n) is 9.25. The summed E-state index contributed by atoms with van der Waals surface area (Å²) in [4.78, 5) is 11.2. The molecular weight excluding hydrogens is 364 g/mol. The SMILES string of the molecule is COc1ccnc(N2CCC3(CCCN3S(=O)(=O)c3ccccc3)CC2)n1. The van der Waals surface area contributed by atoms with Gasteiger partial charge in [-0.25, -0.2) is 13.4 Å². The van der Waals surface area contributed by atoms with E-state index in [-0.39, 0.29) is 5.54 Å². The molecule has 1 aromatic heterocycles. The lowest BCUT2D eigenvalue weighted by Gasteiger charge is -2.44. The molecule has 8 heteroatoms. The molecule has 27 heavy (non-hydrogen) atoms. The van der Waals surface area contributed by atoms with Crippen molar-refractivity contribution in [3.05, 3.63) is 42.6 Å². The number of nitrogens with zero attached hydrogens (tertiary/aromatic N) is 4. The van der Waals surface area contributed by atoms with Crippen LogP contribution in [0.5, 0.6) is 5.88 Å². The molecule has 2 fully saturated rings. The lowest BCUT2D eigenvalue weighted by molar-refractivity contribution is 0.192. The molecule has 1 aromatic carbocycles. The van der Waals surface area contributed by atoms with E-state index < -0.39 is 10.0 Å². The van der Waals surface area contributed by atoms with Crippen LogP contribution < -0.4 is 9.64 Å². The molecule has 2 saturated heterocycles. The van der Waals surface area contributed by atoms with Crippen molar-refractivity contribution in [1.82, 2.24) is 14.3 Å². The van der Waals surface area contributed by atoms with Crippen molar-refractivity contribution in [3.8, 4) is 5.88 Å². The predicted octanol–water partition coefficient (Wildman–Crippen LogP) is 2.31. The lowest BCUT2D eigenvalue weighted by atomic mass is 9.86. The van der Waals surface area contributed by atoms with Gasteiger partial charge in [-0.15, -0.1) is 0 Å². The van der Waals surface area contributed by atoms with Gasteiger partial charge in [-0.1, -0.05) is 18.2 Å². The third-order valence-corrected chi connectivity index (χ3v) is 7.69. The van der Waals surface area contributed by atoms with Crippen LogP contribution >= 0.6 is 0 Å². The first kappa shape index (κ1) is 18.2. The van der Waals surface area contributed by atoms with Crippen LogP contribution in [0.4, 0.5) is 5.95 Å². The van der Waals surface area contributed by atoms with Crippen LogP contribution in [0.25, 0.3) is 0 Å². The summed E-state index contributed by atoms with van der Waals surface area (Å²) in [5.74, 6) is 1.18. The van der Waals surface area contributed by atoms with Gasteiger partial charge in [0.2, 0.25) is 21.9 Å². The number of benzene rings is 1. The Morgan fingerprint density at radius 3 is 2.48 bits per heavy atom. The summed E-state index contributed by atoms with van der Waals surface area (Å²) in [6.07, 6.45) is 5.06. The Labute approximate surface area is 160 Å². The van der Waals surface area contributed by atoms with Gasteiger partial charge in [0.25, 0.3) is 0 Å². The summed E-state index contributed by atoms with van der Waals surface area (Å²) in [5, 5.41) is 0. The quantitative estimate of drug-likeness (QED) is 0.800. The van der Waals surface area contributed by atoms with Crippen molar-refractivity contribution in [2.45, 2.75) is 36.1 Å². The minimum Gasteiger partial charge on any atom is -0.481 e. The van der Waals surface area contributed by atoms with Crippen molar-refractivity contribution < 1.29 is 13.2 Å². The number of hydrogen-bond donors (Lipinski definition) is 0. The van der Waals surface area contributed by atoms with Crippen LogP contribution in [0.1, 0.15) is 25.7 Å². The smallest absolute Gasteiger partial charge is 0.243 e. The maximum atomic E-state index is 13.2. The van der Waals surface area contributed by atoms with Crippen molar-refractivity contribution in [2.75, 3.05) is 31.6 Å². The molecule has 0 N–H and O–H groups in total. The van der Waals surface area contributed by atoms with Crippen molar-refractivity contribution in [1.29, 1.82) is 0 Å². The van der Waals surface area contributed by atoms with Crippen molar-refractivity contribution in [2.24, 2.45) is 0 Å². The Bertz CT molecular complexity index is 896. The molecule has 144 valence electrons. The molecule has 0 aliphatic carbocycles. The predicted molar refractivity (Wildman–Crippen MR) is 102 cm³/mol. The Hall–Kier alpha value is -2.19. The summed E-state index contributed by atoms with van der Waals surface area (Å²) < 4.78 is 33.4. The highest BCUT2D eigenvalue weighted by Gasteiger charge is 2.49. The minimum atomic E-state index is -3.48. The van der Waals surface area contributed by atoms with Crippen LogP contribution in [0.2, 0.25) is 0 Å². The molecule has 0 radical (unpaired) electrons. The molecule has 7 nitrogen and oxygen atoms in total. The third-order valence-electron chi connectivity index (χ3n) is 5.67. The average molecular weight is 388 g/mol. The van der Waals surface area contributed by atoms with Gasteiger partial charge in [0.1, 0.15) is 0 Å². The highest BCUT2D eigenvalue weighted by Crippen LogP contribution is 2.42. The Balaban J connectivity index is 1.54. The minimum absolute atomic E-state index is 0.302. The zero-order valence-corrected chi connectivity index (χ0v) is 16.2. The molecular formula is C19H24N4O3S. The van der Waals surface area contributed by atoms with E-state index in [1.807, 2.05) is 6.07 Å². The second-order valence-corrected chi connectivity index (χ2v) is 8.97. The maximum Gasteiger partial charge on any atom is 0.243 e. The lowest BCUT2D eigenvalue weighted by Crippen LogP contribution is -2.54. The number of hydrogen-bond acceptors (Lipinski definition) is 6. The number of piperidine rings is 1. The molecule has 0 saturated carbocycles. The maximum absolute atomic E-state index is 13.2. The van der Waals surface area contributed by atoms with E-state index in [4.69, 9.17) is 4.74 Å². The standard InChI is InChI=1S/C19H24N4O3S/c1-26-17-8-12-20-18(21-17)22-14-10-19(11-15-22)9-5-13-23(19)27(24,25)16-6-3-2-4-7-16/h2-4,6-8,12H,5,9-11,13-15H2,1H3. The Morgan fingerprint density at radius 2 is 1.78 bits per heavy atom. The second kappa shape index (κ2) is 7.09. The largest absolute Gasteiger partial charge is 0.481 e. The number of sulfonamides is 1. The van der Waals surface area contributed by atoms with Crippen molar-refractivity contribution in [3.63, 3.8) is 0 Å². The number of methoxy groups -OCH3 is 1. The van der Waals surface area contributed by atoms with Crippen LogP contribution in [0, 0.1) is 0 Å².